The molecular formula is C30H45N3O15S. The maximum Gasteiger partial charge on any atom is 0.299 e. The van der Waals surface area contributed by atoms with Crippen LogP contribution in [0.5, 0.6) is 0 Å². The molecule has 0 spiro atoms. The van der Waals surface area contributed by atoms with E-state index in [1.165, 1.54) is 24.3 Å². The molecule has 0 aliphatic carbocycles. The minimum atomic E-state index is -3.77. The van der Waals surface area contributed by atoms with E-state index in [-0.39, 0.29) is 48.3 Å². The van der Waals surface area contributed by atoms with Gasteiger partial charge in [0, 0.05) is 12.6 Å². The lowest BCUT2D eigenvalue weighted by Crippen LogP contribution is -2.16. The van der Waals surface area contributed by atoms with Crippen molar-refractivity contribution in [3.05, 3.63) is 68.8 Å². The molecule has 1 N–H and O–H groups in total. The number of rotatable bonds is 32. The number of ether oxygens (including phenoxy) is 8. The Morgan fingerprint density at radius 2 is 0.939 bits per heavy atom. The van der Waals surface area contributed by atoms with Crippen molar-refractivity contribution in [2.24, 2.45) is 0 Å². The van der Waals surface area contributed by atoms with Crippen LogP contribution in [0.3, 0.4) is 0 Å². The quantitative estimate of drug-likeness (QED) is 0.0497. The molecule has 0 amide bonds. The standard InChI is InChI=1S/C30H45N3O15S/c34-32(35)27-6-7-29(30(26-27)33(36)37)31-8-9-40-10-11-41-12-13-42-14-15-43-16-17-44-18-19-45-20-21-46-22-23-47-24-25-48-49(38,39)28-4-2-1-3-5-28/h1-7,26,31H,8-25H2. The number of benzene rings is 2. The van der Waals surface area contributed by atoms with E-state index >= 15 is 0 Å². The van der Waals surface area contributed by atoms with Gasteiger partial charge < -0.3 is 43.2 Å². The summed E-state index contributed by atoms with van der Waals surface area (Å²) in [6.07, 6.45) is 0. The number of hydrogen-bond donors (Lipinski definition) is 1. The Labute approximate surface area is 285 Å². The van der Waals surface area contributed by atoms with Gasteiger partial charge in [0.2, 0.25) is 0 Å². The maximum absolute atomic E-state index is 12.0. The molecule has 2 aromatic rings. The highest BCUT2D eigenvalue weighted by atomic mass is 32.2. The summed E-state index contributed by atoms with van der Waals surface area (Å²) < 4.78 is 72.1. The van der Waals surface area contributed by atoms with Crippen molar-refractivity contribution in [2.45, 2.75) is 4.90 Å². The summed E-state index contributed by atoms with van der Waals surface area (Å²) in [5.74, 6) is 0. The van der Waals surface area contributed by atoms with E-state index in [9.17, 15) is 28.6 Å². The van der Waals surface area contributed by atoms with E-state index in [1.807, 2.05) is 0 Å². The molecule has 0 saturated carbocycles. The van der Waals surface area contributed by atoms with E-state index in [0.717, 1.165) is 6.07 Å². The fourth-order valence-corrected chi connectivity index (χ4v) is 4.61. The van der Waals surface area contributed by atoms with Crippen LogP contribution in [0.15, 0.2) is 53.4 Å². The summed E-state index contributed by atoms with van der Waals surface area (Å²) in [7, 11) is -3.77. The third-order valence-corrected chi connectivity index (χ3v) is 7.38. The Kier molecular flexibility index (Phi) is 22.6. The number of nitrogens with zero attached hydrogens (tertiary/aromatic N) is 2. The van der Waals surface area contributed by atoms with E-state index in [2.05, 4.69) is 5.32 Å². The topological polar surface area (TPSA) is 216 Å². The molecule has 0 fully saturated rings. The number of anilines is 1. The molecule has 276 valence electrons. The van der Waals surface area contributed by atoms with Crippen molar-refractivity contribution in [3.8, 4) is 0 Å². The van der Waals surface area contributed by atoms with Gasteiger partial charge in [0.15, 0.2) is 0 Å². The Balaban J connectivity index is 1.24. The van der Waals surface area contributed by atoms with Crippen LogP contribution in [-0.4, -0.2) is 137 Å². The average Bonchev–Trinajstić information content (AvgIpc) is 3.09. The summed E-state index contributed by atoms with van der Waals surface area (Å²) in [5.41, 5.74) is -0.550. The average molecular weight is 720 g/mol. The SMILES string of the molecule is O=[N+]([O-])c1ccc(NCCOCCOCCOCCOCCOCCOCCOCCOCCOS(=O)(=O)c2ccccc2)c([N+](=O)[O-])c1. The van der Waals surface area contributed by atoms with Crippen LogP contribution in [0, 0.1) is 20.2 Å². The van der Waals surface area contributed by atoms with E-state index in [1.54, 1.807) is 18.2 Å². The molecule has 0 atom stereocenters. The molecule has 0 heterocycles. The van der Waals surface area contributed by atoms with Gasteiger partial charge in [-0.3, -0.25) is 24.4 Å². The van der Waals surface area contributed by atoms with Crippen LogP contribution in [0.1, 0.15) is 0 Å². The van der Waals surface area contributed by atoms with Crippen LogP contribution >= 0.6 is 0 Å². The van der Waals surface area contributed by atoms with Gasteiger partial charge in [-0.1, -0.05) is 18.2 Å². The molecular weight excluding hydrogens is 674 g/mol. The van der Waals surface area contributed by atoms with Gasteiger partial charge in [-0.25, -0.2) is 0 Å². The van der Waals surface area contributed by atoms with Crippen LogP contribution in [0.2, 0.25) is 0 Å². The summed E-state index contributed by atoms with van der Waals surface area (Å²) in [6, 6.07) is 11.3. The fourth-order valence-electron chi connectivity index (χ4n) is 3.69. The lowest BCUT2D eigenvalue weighted by atomic mass is 10.2. The van der Waals surface area contributed by atoms with Gasteiger partial charge >= 0.3 is 0 Å². The highest BCUT2D eigenvalue weighted by Gasteiger charge is 2.19. The van der Waals surface area contributed by atoms with Gasteiger partial charge in [0.05, 0.1) is 133 Å². The van der Waals surface area contributed by atoms with Crippen molar-refractivity contribution in [2.75, 3.05) is 124 Å². The van der Waals surface area contributed by atoms with E-state index in [4.69, 9.17) is 42.1 Å². The number of hydrogen-bond acceptors (Lipinski definition) is 16. The second kappa shape index (κ2) is 26.5. The predicted octanol–water partition coefficient (Wildman–Crippen LogP) is 2.45. The number of nitro groups is 2. The zero-order valence-electron chi connectivity index (χ0n) is 27.3. The summed E-state index contributed by atoms with van der Waals surface area (Å²) in [6.45, 7) is 6.06. The first-order valence-corrected chi connectivity index (χ1v) is 16.9. The molecule has 0 saturated heterocycles. The molecule has 49 heavy (non-hydrogen) atoms. The van der Waals surface area contributed by atoms with Crippen LogP contribution in [0.4, 0.5) is 17.1 Å². The van der Waals surface area contributed by atoms with Crippen molar-refractivity contribution in [1.29, 1.82) is 0 Å². The molecule has 0 aromatic heterocycles. The van der Waals surface area contributed by atoms with Crippen molar-refractivity contribution in [3.63, 3.8) is 0 Å². The molecule has 2 rings (SSSR count). The van der Waals surface area contributed by atoms with Crippen molar-refractivity contribution < 1.29 is 60.3 Å². The molecule has 19 heteroatoms. The predicted molar refractivity (Wildman–Crippen MR) is 174 cm³/mol. The van der Waals surface area contributed by atoms with Gasteiger partial charge in [0.25, 0.3) is 21.5 Å². The Bertz CT molecular complexity index is 1290. The normalized spacial score (nSPS) is 11.5. The minimum Gasteiger partial charge on any atom is -0.377 e. The Hall–Kier alpha value is -3.37. The van der Waals surface area contributed by atoms with Gasteiger partial charge in [-0.15, -0.1) is 0 Å². The Morgan fingerprint density at radius 3 is 1.35 bits per heavy atom. The number of non-ortho nitro benzene ring substituents is 1. The third-order valence-electron chi connectivity index (χ3n) is 6.05. The van der Waals surface area contributed by atoms with Crippen LogP contribution in [0.25, 0.3) is 0 Å². The Morgan fingerprint density at radius 1 is 0.531 bits per heavy atom. The molecule has 0 bridgehead atoms. The first-order chi connectivity index (χ1) is 23.8. The second-order valence-electron chi connectivity index (χ2n) is 9.63. The first-order valence-electron chi connectivity index (χ1n) is 15.5. The minimum absolute atomic E-state index is 0.0768. The van der Waals surface area contributed by atoms with Gasteiger partial charge in [0.1, 0.15) is 5.69 Å². The van der Waals surface area contributed by atoms with Crippen molar-refractivity contribution in [1.82, 2.24) is 0 Å². The highest BCUT2D eigenvalue weighted by molar-refractivity contribution is 7.86. The number of nitrogens with one attached hydrogen (secondary N) is 1. The van der Waals surface area contributed by atoms with Gasteiger partial charge in [-0.05, 0) is 18.2 Å². The molecule has 0 aliphatic rings. The largest absolute Gasteiger partial charge is 0.377 e. The summed E-state index contributed by atoms with van der Waals surface area (Å²) >= 11 is 0. The summed E-state index contributed by atoms with van der Waals surface area (Å²) in [5, 5.41) is 24.8. The first kappa shape index (κ1) is 41.8. The van der Waals surface area contributed by atoms with Gasteiger partial charge in [-0.2, -0.15) is 8.42 Å². The highest BCUT2D eigenvalue weighted by Crippen LogP contribution is 2.28. The summed E-state index contributed by atoms with van der Waals surface area (Å²) in [4.78, 5) is 20.7. The van der Waals surface area contributed by atoms with E-state index < -0.39 is 20.0 Å². The fraction of sp³-hybridized carbons (Fsp3) is 0.600. The lowest BCUT2D eigenvalue weighted by Gasteiger charge is -2.09. The van der Waals surface area contributed by atoms with Crippen LogP contribution in [-0.2, 0) is 52.2 Å². The zero-order valence-corrected chi connectivity index (χ0v) is 28.1. The second-order valence-corrected chi connectivity index (χ2v) is 11.2. The van der Waals surface area contributed by atoms with Crippen LogP contribution < -0.4 is 5.32 Å². The molecule has 0 unspecified atom stereocenters. The molecule has 2 aromatic carbocycles. The van der Waals surface area contributed by atoms with E-state index in [0.29, 0.717) is 92.5 Å². The third kappa shape index (κ3) is 20.0. The smallest absolute Gasteiger partial charge is 0.299 e. The number of nitro benzene ring substituents is 2. The molecule has 18 nitrogen and oxygen atoms in total. The lowest BCUT2D eigenvalue weighted by molar-refractivity contribution is -0.393. The maximum atomic E-state index is 12.0. The monoisotopic (exact) mass is 719 g/mol. The zero-order chi connectivity index (χ0) is 35.4. The van der Waals surface area contributed by atoms with Crippen molar-refractivity contribution >= 4 is 27.2 Å². The molecule has 0 aliphatic heterocycles. The molecule has 0 radical (unpaired) electrons.